The number of rotatable bonds is 5. The molecule has 0 aliphatic carbocycles. The van der Waals surface area contributed by atoms with Crippen LogP contribution in [-0.4, -0.2) is 51.6 Å². The molecule has 1 heterocycles. The van der Waals surface area contributed by atoms with Crippen LogP contribution >= 0.6 is 0 Å². The van der Waals surface area contributed by atoms with Crippen LogP contribution in [0.15, 0.2) is 30.3 Å². The Bertz CT molecular complexity index is 604. The van der Waals surface area contributed by atoms with Gasteiger partial charge in [0.25, 0.3) is 0 Å². The van der Waals surface area contributed by atoms with Crippen molar-refractivity contribution in [1.82, 2.24) is 10.6 Å². The van der Waals surface area contributed by atoms with E-state index in [4.69, 9.17) is 0 Å². The zero-order chi connectivity index (χ0) is 16.2. The van der Waals surface area contributed by atoms with E-state index in [2.05, 4.69) is 15.5 Å². The number of para-hydroxylation sites is 1. The number of nitrogens with zero attached hydrogens (tertiary/aromatic N) is 1. The number of hydrogen-bond acceptors (Lipinski definition) is 4. The number of benzene rings is 1. The van der Waals surface area contributed by atoms with E-state index in [0.717, 1.165) is 5.69 Å². The van der Waals surface area contributed by atoms with Gasteiger partial charge in [-0.25, -0.2) is 13.2 Å². The standard InChI is InChI=1S/C15H23N3O3S/c1-12(18(2)14-6-4-3-5-7-14)10-16-15(19)17-13-8-9-22(20,21)11-13/h3-7,12-13H,8-11H2,1-2H3,(H2,16,17,19)/t12-,13-/m1/s1. The molecule has 0 radical (unpaired) electrons. The Morgan fingerprint density at radius 1 is 1.36 bits per heavy atom. The summed E-state index contributed by atoms with van der Waals surface area (Å²) in [5.74, 6) is 0.199. The van der Waals surface area contributed by atoms with Crippen molar-refractivity contribution in [2.45, 2.75) is 25.4 Å². The molecule has 0 spiro atoms. The third-order valence-corrected chi connectivity index (χ3v) is 5.72. The summed E-state index contributed by atoms with van der Waals surface area (Å²) in [4.78, 5) is 13.9. The van der Waals surface area contributed by atoms with E-state index in [0.29, 0.717) is 13.0 Å². The SMILES string of the molecule is C[C@H](CNC(=O)N[C@@H]1CCS(=O)(=O)C1)N(C)c1ccccc1. The van der Waals surface area contributed by atoms with Crippen molar-refractivity contribution in [3.8, 4) is 0 Å². The van der Waals surface area contributed by atoms with Gasteiger partial charge in [0.1, 0.15) is 0 Å². The smallest absolute Gasteiger partial charge is 0.315 e. The van der Waals surface area contributed by atoms with E-state index in [1.165, 1.54) is 0 Å². The lowest BCUT2D eigenvalue weighted by molar-refractivity contribution is 0.237. The first-order valence-corrected chi connectivity index (χ1v) is 9.22. The van der Waals surface area contributed by atoms with Crippen molar-refractivity contribution < 1.29 is 13.2 Å². The fraction of sp³-hybridized carbons (Fsp3) is 0.533. The molecule has 2 rings (SSSR count). The molecule has 0 aromatic heterocycles. The molecule has 0 bridgehead atoms. The third-order valence-electron chi connectivity index (χ3n) is 3.95. The number of hydrogen-bond donors (Lipinski definition) is 2. The van der Waals surface area contributed by atoms with Crippen LogP contribution in [0.1, 0.15) is 13.3 Å². The number of likely N-dealkylation sites (N-methyl/N-ethyl adjacent to an activating group) is 1. The first-order chi connectivity index (χ1) is 10.4. The number of anilines is 1. The van der Waals surface area contributed by atoms with E-state index in [-0.39, 0.29) is 29.6 Å². The molecule has 122 valence electrons. The first kappa shape index (κ1) is 16.6. The van der Waals surface area contributed by atoms with E-state index < -0.39 is 9.84 Å². The summed E-state index contributed by atoms with van der Waals surface area (Å²) in [5.41, 5.74) is 1.08. The molecule has 2 N–H and O–H groups in total. The lowest BCUT2D eigenvalue weighted by Gasteiger charge is -2.27. The Balaban J connectivity index is 1.76. The van der Waals surface area contributed by atoms with E-state index in [9.17, 15) is 13.2 Å². The molecule has 6 nitrogen and oxygen atoms in total. The highest BCUT2D eigenvalue weighted by molar-refractivity contribution is 7.91. The van der Waals surface area contributed by atoms with Gasteiger partial charge < -0.3 is 15.5 Å². The van der Waals surface area contributed by atoms with E-state index in [1.54, 1.807) is 0 Å². The molecule has 1 aromatic carbocycles. The van der Waals surface area contributed by atoms with Crippen molar-refractivity contribution in [3.63, 3.8) is 0 Å². The Labute approximate surface area is 131 Å². The molecule has 0 saturated carbocycles. The Hall–Kier alpha value is -1.76. The quantitative estimate of drug-likeness (QED) is 0.846. The lowest BCUT2D eigenvalue weighted by Crippen LogP contribution is -2.47. The fourth-order valence-corrected chi connectivity index (χ4v) is 4.11. The van der Waals surface area contributed by atoms with Crippen LogP contribution in [0.3, 0.4) is 0 Å². The zero-order valence-corrected chi connectivity index (χ0v) is 13.8. The van der Waals surface area contributed by atoms with Crippen LogP contribution in [0.5, 0.6) is 0 Å². The minimum Gasteiger partial charge on any atom is -0.370 e. The molecule has 1 saturated heterocycles. The minimum absolute atomic E-state index is 0.0416. The summed E-state index contributed by atoms with van der Waals surface area (Å²) in [6, 6.07) is 9.48. The van der Waals surface area contributed by atoms with Crippen LogP contribution in [0, 0.1) is 0 Å². The molecule has 2 amide bonds. The molecular formula is C15H23N3O3S. The second kappa shape index (κ2) is 7.00. The summed E-state index contributed by atoms with van der Waals surface area (Å²) in [5, 5.41) is 5.52. The monoisotopic (exact) mass is 325 g/mol. The second-order valence-corrected chi connectivity index (χ2v) is 7.98. The predicted molar refractivity (Wildman–Crippen MR) is 87.9 cm³/mol. The van der Waals surface area contributed by atoms with Gasteiger partial charge in [-0.15, -0.1) is 0 Å². The van der Waals surface area contributed by atoms with Gasteiger partial charge in [-0.2, -0.15) is 0 Å². The molecule has 0 unspecified atom stereocenters. The van der Waals surface area contributed by atoms with Gasteiger partial charge in [0.2, 0.25) is 0 Å². The predicted octanol–water partition coefficient (Wildman–Crippen LogP) is 0.998. The number of sulfone groups is 1. The van der Waals surface area contributed by atoms with Gasteiger partial charge in [0.05, 0.1) is 11.5 Å². The third kappa shape index (κ3) is 4.62. The molecule has 7 heteroatoms. The number of nitrogens with one attached hydrogen (secondary N) is 2. The topological polar surface area (TPSA) is 78.5 Å². The number of carbonyl (C=O) groups is 1. The average molecular weight is 325 g/mol. The van der Waals surface area contributed by atoms with Crippen molar-refractivity contribution in [1.29, 1.82) is 0 Å². The maximum Gasteiger partial charge on any atom is 0.315 e. The number of amides is 2. The van der Waals surface area contributed by atoms with Gasteiger partial charge in [0.15, 0.2) is 9.84 Å². The van der Waals surface area contributed by atoms with Crippen molar-refractivity contribution in [2.75, 3.05) is 30.0 Å². The lowest BCUT2D eigenvalue weighted by atomic mass is 10.2. The highest BCUT2D eigenvalue weighted by atomic mass is 32.2. The van der Waals surface area contributed by atoms with E-state index >= 15 is 0 Å². The summed E-state index contributed by atoms with van der Waals surface area (Å²) in [7, 11) is -0.997. The van der Waals surface area contributed by atoms with Crippen LogP contribution < -0.4 is 15.5 Å². The largest absolute Gasteiger partial charge is 0.370 e. The van der Waals surface area contributed by atoms with Gasteiger partial charge in [-0.05, 0) is 25.5 Å². The Kier molecular flexibility index (Phi) is 5.28. The maximum absolute atomic E-state index is 11.8. The van der Waals surface area contributed by atoms with Crippen molar-refractivity contribution in [2.24, 2.45) is 0 Å². The van der Waals surface area contributed by atoms with Gasteiger partial charge in [-0.3, -0.25) is 0 Å². The second-order valence-electron chi connectivity index (χ2n) is 5.75. The molecule has 1 aromatic rings. The molecule has 1 fully saturated rings. The van der Waals surface area contributed by atoms with Gasteiger partial charge in [0, 0.05) is 31.4 Å². The highest BCUT2D eigenvalue weighted by Crippen LogP contribution is 2.14. The first-order valence-electron chi connectivity index (χ1n) is 7.40. The molecule has 1 aliphatic heterocycles. The van der Waals surface area contributed by atoms with E-state index in [1.807, 2.05) is 44.3 Å². The van der Waals surface area contributed by atoms with Crippen molar-refractivity contribution >= 4 is 21.6 Å². The molecule has 22 heavy (non-hydrogen) atoms. The zero-order valence-electron chi connectivity index (χ0n) is 13.0. The average Bonchev–Trinajstić information content (AvgIpc) is 2.83. The molecular weight excluding hydrogens is 302 g/mol. The van der Waals surface area contributed by atoms with Crippen LogP contribution in [0.4, 0.5) is 10.5 Å². The summed E-state index contributed by atoms with van der Waals surface area (Å²) in [6.45, 7) is 2.50. The Morgan fingerprint density at radius 3 is 2.64 bits per heavy atom. The van der Waals surface area contributed by atoms with Crippen LogP contribution in [0.25, 0.3) is 0 Å². The summed E-state index contributed by atoms with van der Waals surface area (Å²) >= 11 is 0. The minimum atomic E-state index is -2.97. The van der Waals surface area contributed by atoms with Crippen LogP contribution in [-0.2, 0) is 9.84 Å². The van der Waals surface area contributed by atoms with Gasteiger partial charge >= 0.3 is 6.03 Å². The summed E-state index contributed by atoms with van der Waals surface area (Å²) < 4.78 is 22.7. The number of carbonyl (C=O) groups excluding carboxylic acids is 1. The number of urea groups is 1. The van der Waals surface area contributed by atoms with Crippen molar-refractivity contribution in [3.05, 3.63) is 30.3 Å². The van der Waals surface area contributed by atoms with Gasteiger partial charge in [-0.1, -0.05) is 18.2 Å². The normalized spacial score (nSPS) is 21.1. The summed E-state index contributed by atoms with van der Waals surface area (Å²) in [6.07, 6.45) is 0.495. The highest BCUT2D eigenvalue weighted by Gasteiger charge is 2.28. The maximum atomic E-state index is 11.8. The Morgan fingerprint density at radius 2 is 2.05 bits per heavy atom. The van der Waals surface area contributed by atoms with Crippen LogP contribution in [0.2, 0.25) is 0 Å². The molecule has 2 atom stereocenters. The molecule has 1 aliphatic rings. The fourth-order valence-electron chi connectivity index (χ4n) is 2.44.